The summed E-state index contributed by atoms with van der Waals surface area (Å²) in [7, 11) is 0. The Labute approximate surface area is 171 Å². The van der Waals surface area contributed by atoms with Gasteiger partial charge in [0.2, 0.25) is 11.8 Å². The number of benzene rings is 2. The smallest absolute Gasteiger partial charge is 0.237 e. The molecule has 1 saturated heterocycles. The number of para-hydroxylation sites is 2. The van der Waals surface area contributed by atoms with Gasteiger partial charge in [0.05, 0.1) is 17.8 Å². The van der Waals surface area contributed by atoms with Crippen LogP contribution in [-0.2, 0) is 9.59 Å². The summed E-state index contributed by atoms with van der Waals surface area (Å²) in [5, 5.41) is 15.7. The van der Waals surface area contributed by atoms with Gasteiger partial charge in [-0.15, -0.1) is 0 Å². The molecule has 0 aliphatic carbocycles. The molecule has 0 aromatic heterocycles. The van der Waals surface area contributed by atoms with Gasteiger partial charge in [-0.1, -0.05) is 42.5 Å². The molecule has 2 aromatic carbocycles. The van der Waals surface area contributed by atoms with Gasteiger partial charge in [-0.05, 0) is 57.5 Å². The fourth-order valence-electron chi connectivity index (χ4n) is 3.69. The maximum atomic E-state index is 12.7. The van der Waals surface area contributed by atoms with E-state index in [-0.39, 0.29) is 35.6 Å². The van der Waals surface area contributed by atoms with E-state index in [1.807, 2.05) is 44.2 Å². The molecule has 6 heteroatoms. The number of hydrogen-bond acceptors (Lipinski definition) is 4. The van der Waals surface area contributed by atoms with Crippen LogP contribution < -0.4 is 10.6 Å². The van der Waals surface area contributed by atoms with Gasteiger partial charge in [-0.25, -0.2) is 0 Å². The van der Waals surface area contributed by atoms with Crippen LogP contribution in [0, 0.1) is 5.92 Å². The van der Waals surface area contributed by atoms with Crippen molar-refractivity contribution in [2.24, 2.45) is 5.92 Å². The summed E-state index contributed by atoms with van der Waals surface area (Å²) in [6.07, 6.45) is 1.37. The maximum Gasteiger partial charge on any atom is 0.237 e. The summed E-state index contributed by atoms with van der Waals surface area (Å²) in [5.74, 6) is -0.139. The minimum atomic E-state index is -0.247. The van der Waals surface area contributed by atoms with Gasteiger partial charge in [0.15, 0.2) is 0 Å². The van der Waals surface area contributed by atoms with Crippen LogP contribution in [0.3, 0.4) is 0 Å². The summed E-state index contributed by atoms with van der Waals surface area (Å²) in [4.78, 5) is 27.3. The topological polar surface area (TPSA) is 81.7 Å². The highest BCUT2D eigenvalue weighted by Gasteiger charge is 2.30. The second kappa shape index (κ2) is 9.56. The lowest BCUT2D eigenvalue weighted by molar-refractivity contribution is -0.127. The Morgan fingerprint density at radius 2 is 1.62 bits per heavy atom. The number of phenolic OH excluding ortho intramolecular Hbond substituents is 1. The van der Waals surface area contributed by atoms with E-state index in [1.54, 1.807) is 24.3 Å². The van der Waals surface area contributed by atoms with Crippen LogP contribution >= 0.6 is 0 Å². The minimum Gasteiger partial charge on any atom is -0.506 e. The Kier molecular flexibility index (Phi) is 6.88. The zero-order valence-electron chi connectivity index (χ0n) is 17.0. The van der Waals surface area contributed by atoms with E-state index < -0.39 is 0 Å². The van der Waals surface area contributed by atoms with Gasteiger partial charge in [0, 0.05) is 5.92 Å². The summed E-state index contributed by atoms with van der Waals surface area (Å²) in [6.45, 7) is 5.27. The van der Waals surface area contributed by atoms with Crippen LogP contribution in [0.2, 0.25) is 0 Å². The molecule has 1 fully saturated rings. The predicted molar refractivity (Wildman–Crippen MR) is 113 cm³/mol. The Balaban J connectivity index is 1.48. The van der Waals surface area contributed by atoms with E-state index in [4.69, 9.17) is 0 Å². The lowest BCUT2D eigenvalue weighted by atomic mass is 9.94. The molecule has 3 N–H and O–H groups in total. The van der Waals surface area contributed by atoms with Crippen LogP contribution in [0.5, 0.6) is 5.75 Å². The molecule has 0 spiro atoms. The number of anilines is 1. The molecule has 29 heavy (non-hydrogen) atoms. The molecule has 0 radical (unpaired) electrons. The first-order valence-electron chi connectivity index (χ1n) is 10.1. The summed E-state index contributed by atoms with van der Waals surface area (Å²) < 4.78 is 0. The molecule has 2 atom stereocenters. The third-order valence-corrected chi connectivity index (χ3v) is 5.65. The van der Waals surface area contributed by atoms with Crippen molar-refractivity contribution in [1.29, 1.82) is 0 Å². The molecule has 154 valence electrons. The standard InChI is InChI=1S/C23H29N3O3/c1-16(18-8-4-3-5-9-18)24-22(28)17(2)26-14-12-19(13-15-26)23(29)25-20-10-6-7-11-21(20)27/h3-11,16-17,19,27H,12-15H2,1-2H3,(H,24,28)(H,25,29)/t16-,17-/m1/s1. The number of hydrogen-bond donors (Lipinski definition) is 3. The van der Waals surface area contributed by atoms with Crippen molar-refractivity contribution in [3.8, 4) is 5.75 Å². The molecule has 6 nitrogen and oxygen atoms in total. The lowest BCUT2D eigenvalue weighted by Gasteiger charge is -2.35. The van der Waals surface area contributed by atoms with Crippen LogP contribution in [0.25, 0.3) is 0 Å². The van der Waals surface area contributed by atoms with Gasteiger partial charge in [0.25, 0.3) is 0 Å². The van der Waals surface area contributed by atoms with Crippen LogP contribution in [-0.4, -0.2) is 41.0 Å². The number of piperidine rings is 1. The SMILES string of the molecule is C[C@H](C(=O)N[C@H](C)c1ccccc1)N1CCC(C(=O)Nc2ccccc2O)CC1. The van der Waals surface area contributed by atoms with Gasteiger partial charge < -0.3 is 15.7 Å². The molecule has 2 amide bonds. The van der Waals surface area contributed by atoms with Crippen molar-refractivity contribution >= 4 is 17.5 Å². The largest absolute Gasteiger partial charge is 0.506 e. The van der Waals surface area contributed by atoms with E-state index in [0.717, 1.165) is 5.56 Å². The van der Waals surface area contributed by atoms with E-state index in [9.17, 15) is 14.7 Å². The maximum absolute atomic E-state index is 12.7. The van der Waals surface area contributed by atoms with Crippen LogP contribution in [0.1, 0.15) is 38.3 Å². The average molecular weight is 396 g/mol. The van der Waals surface area contributed by atoms with Crippen molar-refractivity contribution < 1.29 is 14.7 Å². The number of carbonyl (C=O) groups is 2. The van der Waals surface area contributed by atoms with E-state index in [2.05, 4.69) is 15.5 Å². The second-order valence-electron chi connectivity index (χ2n) is 7.63. The normalized spacial score (nSPS) is 17.3. The summed E-state index contributed by atoms with van der Waals surface area (Å²) >= 11 is 0. The van der Waals surface area contributed by atoms with Crippen LogP contribution in [0.4, 0.5) is 5.69 Å². The average Bonchev–Trinajstić information content (AvgIpc) is 2.75. The number of likely N-dealkylation sites (tertiary alicyclic amines) is 1. The van der Waals surface area contributed by atoms with Gasteiger partial charge in [-0.2, -0.15) is 0 Å². The number of aromatic hydroxyl groups is 1. The molecule has 1 heterocycles. The Morgan fingerprint density at radius 1 is 1.00 bits per heavy atom. The minimum absolute atomic E-state index is 0.00142. The first kappa shape index (κ1) is 20.9. The number of rotatable bonds is 6. The molecule has 0 unspecified atom stereocenters. The van der Waals surface area contributed by atoms with Crippen molar-refractivity contribution in [2.75, 3.05) is 18.4 Å². The highest BCUT2D eigenvalue weighted by molar-refractivity contribution is 5.94. The molecular formula is C23H29N3O3. The molecule has 0 bridgehead atoms. The van der Waals surface area contributed by atoms with Gasteiger partial charge in [-0.3, -0.25) is 14.5 Å². The van der Waals surface area contributed by atoms with Crippen molar-refractivity contribution in [3.63, 3.8) is 0 Å². The van der Waals surface area contributed by atoms with Gasteiger partial charge in [0.1, 0.15) is 5.75 Å². The van der Waals surface area contributed by atoms with E-state index in [1.165, 1.54) is 0 Å². The molecule has 3 rings (SSSR count). The number of phenols is 1. The Hall–Kier alpha value is -2.86. The number of nitrogens with one attached hydrogen (secondary N) is 2. The van der Waals surface area contributed by atoms with Gasteiger partial charge >= 0.3 is 0 Å². The molecule has 0 saturated carbocycles. The van der Waals surface area contributed by atoms with Crippen molar-refractivity contribution in [2.45, 2.75) is 38.8 Å². The number of nitrogens with zero attached hydrogens (tertiary/aromatic N) is 1. The fourth-order valence-corrected chi connectivity index (χ4v) is 3.69. The molecular weight excluding hydrogens is 366 g/mol. The Morgan fingerprint density at radius 3 is 2.28 bits per heavy atom. The van der Waals surface area contributed by atoms with E-state index in [0.29, 0.717) is 31.6 Å². The molecule has 1 aliphatic rings. The molecule has 1 aliphatic heterocycles. The quantitative estimate of drug-likeness (QED) is 0.656. The number of amides is 2. The third-order valence-electron chi connectivity index (χ3n) is 5.65. The molecule has 2 aromatic rings. The van der Waals surface area contributed by atoms with Crippen molar-refractivity contribution in [1.82, 2.24) is 10.2 Å². The zero-order chi connectivity index (χ0) is 20.8. The fraction of sp³-hybridized carbons (Fsp3) is 0.391. The van der Waals surface area contributed by atoms with E-state index >= 15 is 0 Å². The van der Waals surface area contributed by atoms with Crippen molar-refractivity contribution in [3.05, 3.63) is 60.2 Å². The summed E-state index contributed by atoms with van der Waals surface area (Å²) in [5.41, 5.74) is 1.51. The first-order valence-corrected chi connectivity index (χ1v) is 10.1. The number of carbonyl (C=O) groups excluding carboxylic acids is 2. The first-order chi connectivity index (χ1) is 14.0. The monoisotopic (exact) mass is 395 g/mol. The summed E-state index contributed by atoms with van der Waals surface area (Å²) in [6, 6.07) is 16.3. The second-order valence-corrected chi connectivity index (χ2v) is 7.63. The zero-order valence-corrected chi connectivity index (χ0v) is 17.0. The third kappa shape index (κ3) is 5.35. The predicted octanol–water partition coefficient (Wildman–Crippen LogP) is 3.31. The van der Waals surface area contributed by atoms with Crippen LogP contribution in [0.15, 0.2) is 54.6 Å². The highest BCUT2D eigenvalue weighted by Crippen LogP contribution is 2.25. The lowest BCUT2D eigenvalue weighted by Crippen LogP contribution is -2.49. The highest BCUT2D eigenvalue weighted by atomic mass is 16.3. The Bertz CT molecular complexity index is 832.